The van der Waals surface area contributed by atoms with E-state index < -0.39 is 0 Å². The maximum Gasteiger partial charge on any atom is 0.228 e. The number of halogens is 1. The van der Waals surface area contributed by atoms with Gasteiger partial charge in [0.15, 0.2) is 0 Å². The van der Waals surface area contributed by atoms with Gasteiger partial charge in [-0.1, -0.05) is 5.21 Å². The number of nitrogens with zero attached hydrogens (tertiary/aromatic N) is 6. The van der Waals surface area contributed by atoms with Crippen LogP contribution in [0.25, 0.3) is 0 Å². The lowest BCUT2D eigenvalue weighted by Crippen LogP contribution is -2.13. The van der Waals surface area contributed by atoms with Crippen molar-refractivity contribution in [3.8, 4) is 0 Å². The second-order valence-corrected chi connectivity index (χ2v) is 3.22. The largest absolute Gasteiger partial charge is 0.368 e. The molecule has 8 nitrogen and oxygen atoms in total. The van der Waals surface area contributed by atoms with Crippen molar-refractivity contribution in [2.45, 2.75) is 6.54 Å². The predicted molar refractivity (Wildman–Crippen MR) is 57.8 cm³/mol. The third kappa shape index (κ3) is 2.76. The number of hydrogen-bond donors (Lipinski definition) is 2. The molecule has 2 aromatic rings. The molecule has 0 aliphatic rings. The lowest BCUT2D eigenvalue weighted by atomic mass is 10.6. The van der Waals surface area contributed by atoms with E-state index in [1.807, 2.05) is 0 Å². The van der Waals surface area contributed by atoms with Crippen LogP contribution in [0, 0.1) is 0 Å². The lowest BCUT2D eigenvalue weighted by molar-refractivity contribution is 0.607. The molecule has 3 N–H and O–H groups in total. The average molecular weight is 241 g/mol. The zero-order valence-electron chi connectivity index (χ0n) is 8.21. The van der Waals surface area contributed by atoms with E-state index in [9.17, 15) is 0 Å². The van der Waals surface area contributed by atoms with Crippen LogP contribution in [0.5, 0.6) is 0 Å². The normalized spacial score (nSPS) is 10.3. The van der Waals surface area contributed by atoms with Gasteiger partial charge in [-0.15, -0.1) is 5.10 Å². The van der Waals surface area contributed by atoms with Gasteiger partial charge in [-0.2, -0.15) is 15.0 Å². The molecular formula is C7H9ClN8. The Morgan fingerprint density at radius 1 is 1.38 bits per heavy atom. The van der Waals surface area contributed by atoms with Crippen molar-refractivity contribution in [1.29, 1.82) is 0 Å². The van der Waals surface area contributed by atoms with Crippen LogP contribution in [0.3, 0.4) is 0 Å². The van der Waals surface area contributed by atoms with Crippen molar-refractivity contribution in [3.05, 3.63) is 17.7 Å². The SMILES string of the molecule is Nc1nc(Cl)nc(NCCn2ccnn2)n1. The summed E-state index contributed by atoms with van der Waals surface area (Å²) in [6.07, 6.45) is 3.37. The summed E-state index contributed by atoms with van der Waals surface area (Å²) >= 11 is 5.62. The third-order valence-corrected chi connectivity index (χ3v) is 1.89. The molecule has 0 aliphatic heterocycles. The number of anilines is 2. The molecule has 2 heterocycles. The van der Waals surface area contributed by atoms with Crippen LogP contribution in [0.15, 0.2) is 12.4 Å². The third-order valence-electron chi connectivity index (χ3n) is 1.72. The molecule has 0 spiro atoms. The van der Waals surface area contributed by atoms with Crippen LogP contribution in [0.1, 0.15) is 0 Å². The van der Waals surface area contributed by atoms with Crippen molar-refractivity contribution in [1.82, 2.24) is 29.9 Å². The number of hydrogen-bond acceptors (Lipinski definition) is 7. The van der Waals surface area contributed by atoms with Crippen molar-refractivity contribution >= 4 is 23.5 Å². The number of aromatic nitrogens is 6. The number of nitrogen functional groups attached to an aromatic ring is 1. The standard InChI is InChI=1S/C7H9ClN8/c8-5-12-6(9)14-7(13-5)10-1-3-16-4-2-11-15-16/h2,4H,1,3H2,(H3,9,10,12,13,14). The fraction of sp³-hybridized carbons (Fsp3) is 0.286. The first-order valence-corrected chi connectivity index (χ1v) is 4.87. The molecule has 9 heteroatoms. The van der Waals surface area contributed by atoms with Crippen LogP contribution in [-0.4, -0.2) is 36.5 Å². The summed E-state index contributed by atoms with van der Waals surface area (Å²) in [7, 11) is 0. The molecule has 0 saturated carbocycles. The minimum Gasteiger partial charge on any atom is -0.368 e. The fourth-order valence-corrected chi connectivity index (χ4v) is 1.25. The average Bonchev–Trinajstić information content (AvgIpc) is 2.69. The highest BCUT2D eigenvalue weighted by molar-refractivity contribution is 6.28. The minimum absolute atomic E-state index is 0.0655. The Kier molecular flexibility index (Phi) is 3.10. The van der Waals surface area contributed by atoms with Crippen LogP contribution in [0.4, 0.5) is 11.9 Å². The Bertz CT molecular complexity index is 435. The number of nitrogens with two attached hydrogens (primary N) is 1. The Balaban J connectivity index is 1.89. The van der Waals surface area contributed by atoms with Gasteiger partial charge in [0.25, 0.3) is 0 Å². The van der Waals surface area contributed by atoms with E-state index >= 15 is 0 Å². The van der Waals surface area contributed by atoms with E-state index in [1.54, 1.807) is 17.1 Å². The van der Waals surface area contributed by atoms with E-state index in [0.29, 0.717) is 19.0 Å². The highest BCUT2D eigenvalue weighted by Gasteiger charge is 2.01. The van der Waals surface area contributed by atoms with Gasteiger partial charge >= 0.3 is 0 Å². The summed E-state index contributed by atoms with van der Waals surface area (Å²) in [6.45, 7) is 1.23. The van der Waals surface area contributed by atoms with Crippen molar-refractivity contribution in [3.63, 3.8) is 0 Å². The van der Waals surface area contributed by atoms with Crippen molar-refractivity contribution < 1.29 is 0 Å². The second-order valence-electron chi connectivity index (χ2n) is 2.88. The van der Waals surface area contributed by atoms with Gasteiger partial charge in [0.2, 0.25) is 17.2 Å². The van der Waals surface area contributed by atoms with Gasteiger partial charge in [0.1, 0.15) is 0 Å². The zero-order valence-corrected chi connectivity index (χ0v) is 8.96. The smallest absolute Gasteiger partial charge is 0.228 e. The summed E-state index contributed by atoms with van der Waals surface area (Å²) in [5, 5.41) is 10.5. The molecule has 84 valence electrons. The molecule has 0 unspecified atom stereocenters. The minimum atomic E-state index is 0.0655. The van der Waals surface area contributed by atoms with Gasteiger partial charge < -0.3 is 11.1 Å². The molecule has 2 aromatic heterocycles. The molecule has 2 rings (SSSR count). The Hall–Kier alpha value is -1.96. The number of rotatable bonds is 4. The molecule has 0 radical (unpaired) electrons. The molecule has 0 amide bonds. The quantitative estimate of drug-likeness (QED) is 0.763. The molecular weight excluding hydrogens is 232 g/mol. The molecule has 0 bridgehead atoms. The highest BCUT2D eigenvalue weighted by Crippen LogP contribution is 2.06. The van der Waals surface area contributed by atoms with E-state index in [2.05, 4.69) is 30.6 Å². The van der Waals surface area contributed by atoms with Crippen LogP contribution < -0.4 is 11.1 Å². The van der Waals surface area contributed by atoms with Gasteiger partial charge in [-0.3, -0.25) is 4.68 Å². The molecule has 0 atom stereocenters. The topological polar surface area (TPSA) is 107 Å². The maximum atomic E-state index is 5.62. The Labute approximate surface area is 95.9 Å². The Morgan fingerprint density at radius 3 is 2.94 bits per heavy atom. The Morgan fingerprint density at radius 2 is 2.25 bits per heavy atom. The second kappa shape index (κ2) is 4.71. The summed E-state index contributed by atoms with van der Waals surface area (Å²) in [5.74, 6) is 0.431. The first-order chi connectivity index (χ1) is 7.74. The van der Waals surface area contributed by atoms with Gasteiger partial charge in [-0.05, 0) is 11.6 Å². The number of nitrogens with one attached hydrogen (secondary N) is 1. The first kappa shape index (κ1) is 10.6. The van der Waals surface area contributed by atoms with E-state index in [4.69, 9.17) is 17.3 Å². The maximum absolute atomic E-state index is 5.62. The van der Waals surface area contributed by atoms with Crippen LogP contribution in [-0.2, 0) is 6.54 Å². The van der Waals surface area contributed by atoms with E-state index in [0.717, 1.165) is 0 Å². The zero-order chi connectivity index (χ0) is 11.4. The first-order valence-electron chi connectivity index (χ1n) is 4.49. The van der Waals surface area contributed by atoms with E-state index in [1.165, 1.54) is 0 Å². The monoisotopic (exact) mass is 240 g/mol. The van der Waals surface area contributed by atoms with Gasteiger partial charge in [0, 0.05) is 12.7 Å². The molecule has 16 heavy (non-hydrogen) atoms. The molecule has 0 aromatic carbocycles. The van der Waals surface area contributed by atoms with Crippen LogP contribution in [0.2, 0.25) is 5.28 Å². The van der Waals surface area contributed by atoms with Gasteiger partial charge in [0.05, 0.1) is 12.7 Å². The fourth-order valence-electron chi connectivity index (χ4n) is 1.08. The summed E-state index contributed by atoms with van der Waals surface area (Å²) < 4.78 is 1.68. The molecule has 0 aliphatic carbocycles. The molecule has 0 fully saturated rings. The molecule has 0 saturated heterocycles. The van der Waals surface area contributed by atoms with Crippen molar-refractivity contribution in [2.75, 3.05) is 17.6 Å². The summed E-state index contributed by atoms with van der Waals surface area (Å²) in [5.41, 5.74) is 5.41. The van der Waals surface area contributed by atoms with E-state index in [-0.39, 0.29) is 11.2 Å². The summed E-state index contributed by atoms with van der Waals surface area (Å²) in [6, 6.07) is 0. The van der Waals surface area contributed by atoms with Crippen molar-refractivity contribution in [2.24, 2.45) is 0 Å². The summed E-state index contributed by atoms with van der Waals surface area (Å²) in [4.78, 5) is 11.4. The predicted octanol–water partition coefficient (Wildman–Crippen LogP) is -0.189. The van der Waals surface area contributed by atoms with Gasteiger partial charge in [-0.25, -0.2) is 0 Å². The highest BCUT2D eigenvalue weighted by atomic mass is 35.5. The lowest BCUT2D eigenvalue weighted by Gasteiger charge is -2.04. The van der Waals surface area contributed by atoms with Crippen LogP contribution >= 0.6 is 11.6 Å².